The first-order valence-corrected chi connectivity index (χ1v) is 30.4. The minimum atomic E-state index is -0.455. The van der Waals surface area contributed by atoms with Gasteiger partial charge in [-0.3, -0.25) is 0 Å². The standard InChI is InChI=1S/C82H50N8O4/c83-47-54-19-13-22-58(41-54)60-33-37-68(76(45-60)89-72-27-11-9-25-66(72)70-43-62(35-39-74(70)89)81(91)93-50-52-15-3-1-4-16-52)79-86-78(57-31-29-56(30-32-57)65-24-8-7-21-64(65)49-85)87-80(88-79)69-38-34-61(59-23-14-20-55(42-59)48-84)46-77(69)90-73-28-12-10-26-67(73)71-44-63(36-40-75(71)90)82(92)94-51-53-17-5-2-6-18-53/h1-46H,50-51H2. The second-order valence-electron chi connectivity index (χ2n) is 22.7. The molecule has 0 saturated heterocycles. The highest BCUT2D eigenvalue weighted by Gasteiger charge is 2.25. The molecular weight excluding hydrogens is 1160 g/mol. The summed E-state index contributed by atoms with van der Waals surface area (Å²) in [6.45, 7) is 0.236. The van der Waals surface area contributed by atoms with Gasteiger partial charge >= 0.3 is 11.9 Å². The molecule has 0 amide bonds. The topological polar surface area (TPSA) is 172 Å². The van der Waals surface area contributed by atoms with Crippen LogP contribution in [0.25, 0.3) is 123 Å². The van der Waals surface area contributed by atoms with Crippen LogP contribution < -0.4 is 0 Å². The van der Waals surface area contributed by atoms with Crippen molar-refractivity contribution in [3.63, 3.8) is 0 Å². The van der Waals surface area contributed by atoms with E-state index in [1.165, 1.54) is 0 Å². The number of ether oxygens (including phenoxy) is 2. The van der Waals surface area contributed by atoms with Crippen molar-refractivity contribution in [1.82, 2.24) is 24.1 Å². The van der Waals surface area contributed by atoms with Crippen molar-refractivity contribution in [1.29, 1.82) is 15.8 Å². The number of hydrogen-bond donors (Lipinski definition) is 0. The van der Waals surface area contributed by atoms with Gasteiger partial charge < -0.3 is 18.6 Å². The van der Waals surface area contributed by atoms with Gasteiger partial charge in [0.2, 0.25) is 0 Å². The van der Waals surface area contributed by atoms with Gasteiger partial charge in [-0.05, 0) is 148 Å². The van der Waals surface area contributed by atoms with E-state index in [0.29, 0.717) is 73.4 Å². The molecule has 0 unspecified atom stereocenters. The molecule has 0 fully saturated rings. The van der Waals surface area contributed by atoms with Crippen LogP contribution in [0.15, 0.2) is 279 Å². The molecule has 0 saturated carbocycles. The van der Waals surface area contributed by atoms with Gasteiger partial charge in [-0.25, -0.2) is 24.5 Å². The van der Waals surface area contributed by atoms with Crippen molar-refractivity contribution in [3.05, 3.63) is 318 Å². The zero-order valence-electron chi connectivity index (χ0n) is 50.2. The average molecular weight is 1210 g/mol. The van der Waals surface area contributed by atoms with Gasteiger partial charge in [-0.1, -0.05) is 176 Å². The van der Waals surface area contributed by atoms with Gasteiger partial charge in [0.15, 0.2) is 17.5 Å². The maximum Gasteiger partial charge on any atom is 0.338 e. The molecule has 15 aromatic rings. The van der Waals surface area contributed by atoms with Gasteiger partial charge in [0.25, 0.3) is 0 Å². The van der Waals surface area contributed by atoms with Gasteiger partial charge in [0.1, 0.15) is 13.2 Å². The van der Waals surface area contributed by atoms with E-state index in [-0.39, 0.29) is 13.2 Å². The van der Waals surface area contributed by atoms with E-state index in [0.717, 1.165) is 88.1 Å². The zero-order chi connectivity index (χ0) is 63.7. The maximum atomic E-state index is 13.9. The third-order valence-corrected chi connectivity index (χ3v) is 17.0. The molecule has 442 valence electrons. The monoisotopic (exact) mass is 1210 g/mol. The fourth-order valence-corrected chi connectivity index (χ4v) is 12.4. The number of nitrogens with zero attached hydrogens (tertiary/aromatic N) is 8. The summed E-state index contributed by atoms with van der Waals surface area (Å²) in [5, 5.41) is 33.8. The lowest BCUT2D eigenvalue weighted by molar-refractivity contribution is 0.0464. The zero-order valence-corrected chi connectivity index (χ0v) is 50.2. The van der Waals surface area contributed by atoms with Gasteiger partial charge in [-0.15, -0.1) is 0 Å². The third-order valence-electron chi connectivity index (χ3n) is 17.0. The molecule has 0 aliphatic carbocycles. The molecule has 94 heavy (non-hydrogen) atoms. The first kappa shape index (κ1) is 57.1. The number of fused-ring (bicyclic) bond motifs is 6. The average Bonchev–Trinajstić information content (AvgIpc) is 1.56. The van der Waals surface area contributed by atoms with E-state index in [1.807, 2.05) is 237 Å². The van der Waals surface area contributed by atoms with Crippen LogP contribution in [0.3, 0.4) is 0 Å². The highest BCUT2D eigenvalue weighted by atomic mass is 16.5. The van der Waals surface area contributed by atoms with E-state index in [2.05, 4.69) is 39.5 Å². The highest BCUT2D eigenvalue weighted by Crippen LogP contribution is 2.42. The molecule has 15 rings (SSSR count). The van der Waals surface area contributed by atoms with Crippen molar-refractivity contribution in [3.8, 4) is 97.1 Å². The molecular formula is C82H50N8O4. The van der Waals surface area contributed by atoms with Crippen LogP contribution >= 0.6 is 0 Å². The summed E-state index contributed by atoms with van der Waals surface area (Å²) in [6.07, 6.45) is 0. The first-order valence-electron chi connectivity index (χ1n) is 30.4. The summed E-state index contributed by atoms with van der Waals surface area (Å²) in [6, 6.07) is 96.0. The Morgan fingerprint density at radius 3 is 1.23 bits per heavy atom. The summed E-state index contributed by atoms with van der Waals surface area (Å²) in [5.41, 5.74) is 15.6. The number of hydrogen-bond acceptors (Lipinski definition) is 10. The molecule has 3 heterocycles. The van der Waals surface area contributed by atoms with Crippen molar-refractivity contribution in [2.45, 2.75) is 13.2 Å². The van der Waals surface area contributed by atoms with Crippen LogP contribution in [0.4, 0.5) is 0 Å². The Balaban J connectivity index is 0.966. The summed E-state index contributed by atoms with van der Waals surface area (Å²) in [5.74, 6) is 0.105. The van der Waals surface area contributed by atoms with E-state index in [4.69, 9.17) is 24.4 Å². The second kappa shape index (κ2) is 24.6. The summed E-state index contributed by atoms with van der Waals surface area (Å²) >= 11 is 0. The van der Waals surface area contributed by atoms with E-state index < -0.39 is 11.9 Å². The Morgan fingerprint density at radius 1 is 0.330 bits per heavy atom. The molecule has 12 nitrogen and oxygen atoms in total. The van der Waals surface area contributed by atoms with E-state index >= 15 is 0 Å². The number of carbonyl (C=O) groups excluding carboxylic acids is 2. The molecule has 3 aromatic heterocycles. The number of esters is 2. The Kier molecular flexibility index (Phi) is 14.9. The van der Waals surface area contributed by atoms with Crippen LogP contribution in [-0.2, 0) is 22.7 Å². The van der Waals surface area contributed by atoms with E-state index in [9.17, 15) is 25.4 Å². The maximum absolute atomic E-state index is 13.9. The predicted molar refractivity (Wildman–Crippen MR) is 366 cm³/mol. The highest BCUT2D eigenvalue weighted by molar-refractivity contribution is 6.13. The SMILES string of the molecule is N#Cc1cccc(-c2ccc(-c3nc(-c4ccc(-c5ccccc5C#N)cc4)nc(-c4ccc(-c5cccc(C#N)c5)cc4-n4c5ccccc5c5cc(C(=O)OCc6ccccc6)ccc54)n3)c(-n3c4ccccc4c4cc(C(=O)OCc5ccccc5)ccc43)c2)c1. The van der Waals surface area contributed by atoms with Gasteiger partial charge in [-0.2, -0.15) is 15.8 Å². The van der Waals surface area contributed by atoms with Gasteiger partial charge in [0, 0.05) is 38.2 Å². The molecule has 12 aromatic carbocycles. The fraction of sp³-hybridized carbons (Fsp3) is 0.0244. The number of rotatable bonds is 14. The predicted octanol–water partition coefficient (Wildman–Crippen LogP) is 18.4. The Morgan fingerprint density at radius 2 is 0.745 bits per heavy atom. The largest absolute Gasteiger partial charge is 0.457 e. The number of para-hydroxylation sites is 2. The Bertz CT molecular complexity index is 5360. The summed E-state index contributed by atoms with van der Waals surface area (Å²) in [7, 11) is 0. The first-order chi connectivity index (χ1) is 46.3. The molecule has 0 aliphatic rings. The third kappa shape index (κ3) is 10.8. The Labute approximate surface area is 540 Å². The minimum Gasteiger partial charge on any atom is -0.457 e. The Hall–Kier alpha value is -13.3. The van der Waals surface area contributed by atoms with Crippen molar-refractivity contribution >= 4 is 55.6 Å². The minimum absolute atomic E-state index is 0.118. The molecule has 0 aliphatic heterocycles. The number of benzene rings is 12. The van der Waals surface area contributed by atoms with Crippen LogP contribution in [0.1, 0.15) is 48.5 Å². The summed E-state index contributed by atoms with van der Waals surface area (Å²) in [4.78, 5) is 44.3. The van der Waals surface area contributed by atoms with Crippen LogP contribution in [0.5, 0.6) is 0 Å². The molecule has 0 atom stereocenters. The number of carbonyl (C=O) groups is 2. The molecule has 0 spiro atoms. The lowest BCUT2D eigenvalue weighted by Gasteiger charge is -2.18. The number of nitriles is 3. The normalized spacial score (nSPS) is 11.1. The lowest BCUT2D eigenvalue weighted by atomic mass is 9.98. The molecule has 0 bridgehead atoms. The fourth-order valence-electron chi connectivity index (χ4n) is 12.4. The van der Waals surface area contributed by atoms with Crippen LogP contribution in [0.2, 0.25) is 0 Å². The number of aromatic nitrogens is 5. The quantitative estimate of drug-likeness (QED) is 0.0954. The van der Waals surface area contributed by atoms with Gasteiger partial charge in [0.05, 0.1) is 79.5 Å². The molecule has 12 heteroatoms. The smallest absolute Gasteiger partial charge is 0.338 e. The van der Waals surface area contributed by atoms with Crippen LogP contribution in [-0.4, -0.2) is 36.0 Å². The van der Waals surface area contributed by atoms with Crippen molar-refractivity contribution < 1.29 is 19.1 Å². The van der Waals surface area contributed by atoms with Crippen LogP contribution in [0, 0.1) is 34.0 Å². The second-order valence-corrected chi connectivity index (χ2v) is 22.7. The van der Waals surface area contributed by atoms with E-state index in [1.54, 1.807) is 30.3 Å². The van der Waals surface area contributed by atoms with Crippen molar-refractivity contribution in [2.75, 3.05) is 0 Å². The molecule has 0 N–H and O–H groups in total. The molecule has 0 radical (unpaired) electrons. The lowest BCUT2D eigenvalue weighted by Crippen LogP contribution is -2.06. The van der Waals surface area contributed by atoms with Crippen molar-refractivity contribution in [2.24, 2.45) is 0 Å². The summed E-state index contributed by atoms with van der Waals surface area (Å²) < 4.78 is 16.1.